The fraction of sp³-hybridized carbons (Fsp3) is 0.158. The molecule has 142 valence electrons. The summed E-state index contributed by atoms with van der Waals surface area (Å²) in [5.41, 5.74) is 7.22. The SMILES string of the molecule is COc1ccc(-n2c(-c3cccnc3)nc3c(c(N)nn3CCO)c2=O)cc1. The number of aliphatic hydroxyl groups excluding tert-OH is 1. The van der Waals surface area contributed by atoms with E-state index in [9.17, 15) is 9.90 Å². The fourth-order valence-corrected chi connectivity index (χ4v) is 3.06. The number of hydrogen-bond acceptors (Lipinski definition) is 7. The number of nitrogens with zero attached hydrogens (tertiary/aromatic N) is 5. The Morgan fingerprint density at radius 3 is 2.64 bits per heavy atom. The number of aromatic nitrogens is 5. The highest BCUT2D eigenvalue weighted by Gasteiger charge is 2.20. The van der Waals surface area contributed by atoms with Gasteiger partial charge in [-0.15, -0.1) is 0 Å². The van der Waals surface area contributed by atoms with Crippen molar-refractivity contribution in [3.05, 3.63) is 59.1 Å². The van der Waals surface area contributed by atoms with Crippen molar-refractivity contribution in [2.24, 2.45) is 0 Å². The molecule has 0 aliphatic carbocycles. The Morgan fingerprint density at radius 1 is 1.21 bits per heavy atom. The summed E-state index contributed by atoms with van der Waals surface area (Å²) in [5, 5.41) is 13.7. The van der Waals surface area contributed by atoms with Crippen molar-refractivity contribution in [2.75, 3.05) is 19.5 Å². The van der Waals surface area contributed by atoms with E-state index in [0.717, 1.165) is 0 Å². The van der Waals surface area contributed by atoms with Crippen LogP contribution in [0.25, 0.3) is 28.1 Å². The molecule has 0 aliphatic rings. The summed E-state index contributed by atoms with van der Waals surface area (Å²) in [6.45, 7) is 0.0286. The molecule has 0 fully saturated rings. The summed E-state index contributed by atoms with van der Waals surface area (Å²) in [6, 6.07) is 10.6. The number of benzene rings is 1. The topological polar surface area (TPSA) is 121 Å². The summed E-state index contributed by atoms with van der Waals surface area (Å²) in [7, 11) is 1.58. The average Bonchev–Trinajstić information content (AvgIpc) is 3.04. The molecule has 0 saturated carbocycles. The van der Waals surface area contributed by atoms with Gasteiger partial charge in [0.2, 0.25) is 0 Å². The molecule has 3 heterocycles. The molecule has 0 spiro atoms. The molecule has 4 rings (SSSR count). The Bertz CT molecular complexity index is 1180. The number of aliphatic hydroxyl groups is 1. The van der Waals surface area contributed by atoms with Crippen LogP contribution < -0.4 is 16.0 Å². The number of methoxy groups -OCH3 is 1. The maximum Gasteiger partial charge on any atom is 0.271 e. The van der Waals surface area contributed by atoms with Gasteiger partial charge in [0.1, 0.15) is 11.1 Å². The lowest BCUT2D eigenvalue weighted by Crippen LogP contribution is -2.22. The minimum atomic E-state index is -0.351. The average molecular weight is 378 g/mol. The number of pyridine rings is 1. The van der Waals surface area contributed by atoms with E-state index < -0.39 is 0 Å². The van der Waals surface area contributed by atoms with Crippen molar-refractivity contribution < 1.29 is 9.84 Å². The largest absolute Gasteiger partial charge is 0.497 e. The monoisotopic (exact) mass is 378 g/mol. The normalized spacial score (nSPS) is 11.1. The van der Waals surface area contributed by atoms with Crippen LogP contribution in [-0.2, 0) is 6.54 Å². The first-order valence-corrected chi connectivity index (χ1v) is 8.58. The molecule has 1 aromatic carbocycles. The first-order valence-electron chi connectivity index (χ1n) is 8.58. The predicted molar refractivity (Wildman–Crippen MR) is 104 cm³/mol. The van der Waals surface area contributed by atoms with Gasteiger partial charge in [0.05, 0.1) is 25.9 Å². The Kier molecular flexibility index (Phi) is 4.50. The minimum Gasteiger partial charge on any atom is -0.497 e. The first kappa shape index (κ1) is 17.7. The third-order valence-electron chi connectivity index (χ3n) is 4.36. The van der Waals surface area contributed by atoms with Crippen molar-refractivity contribution in [1.29, 1.82) is 0 Å². The number of ether oxygens (including phenoxy) is 1. The lowest BCUT2D eigenvalue weighted by molar-refractivity contribution is 0.271. The maximum absolute atomic E-state index is 13.4. The number of fused-ring (bicyclic) bond motifs is 1. The van der Waals surface area contributed by atoms with E-state index in [1.165, 1.54) is 9.25 Å². The third-order valence-corrected chi connectivity index (χ3v) is 4.36. The van der Waals surface area contributed by atoms with Gasteiger partial charge in [-0.05, 0) is 36.4 Å². The van der Waals surface area contributed by atoms with Crippen molar-refractivity contribution in [2.45, 2.75) is 6.54 Å². The van der Waals surface area contributed by atoms with E-state index in [4.69, 9.17) is 10.5 Å². The van der Waals surface area contributed by atoms with E-state index in [1.54, 1.807) is 49.8 Å². The highest BCUT2D eigenvalue weighted by Crippen LogP contribution is 2.24. The molecule has 0 amide bonds. The van der Waals surface area contributed by atoms with E-state index in [2.05, 4.69) is 15.1 Å². The molecule has 28 heavy (non-hydrogen) atoms. The van der Waals surface area contributed by atoms with Crippen molar-refractivity contribution >= 4 is 16.9 Å². The van der Waals surface area contributed by atoms with Gasteiger partial charge in [0.25, 0.3) is 5.56 Å². The van der Waals surface area contributed by atoms with Crippen LogP contribution >= 0.6 is 0 Å². The van der Waals surface area contributed by atoms with Gasteiger partial charge in [0.15, 0.2) is 17.3 Å². The van der Waals surface area contributed by atoms with Crippen LogP contribution in [0.4, 0.5) is 5.82 Å². The first-order chi connectivity index (χ1) is 13.6. The summed E-state index contributed by atoms with van der Waals surface area (Å²) in [4.78, 5) is 22.2. The molecular formula is C19H18N6O3. The maximum atomic E-state index is 13.4. The Hall–Kier alpha value is -3.72. The molecule has 9 heteroatoms. The van der Waals surface area contributed by atoms with Crippen LogP contribution in [0.3, 0.4) is 0 Å². The highest BCUT2D eigenvalue weighted by atomic mass is 16.5. The third kappa shape index (κ3) is 2.87. The molecule has 0 unspecified atom stereocenters. The Balaban J connectivity index is 2.07. The van der Waals surface area contributed by atoms with Crippen molar-refractivity contribution in [3.8, 4) is 22.8 Å². The molecule has 0 aliphatic heterocycles. The van der Waals surface area contributed by atoms with Crippen LogP contribution in [0, 0.1) is 0 Å². The molecule has 0 atom stereocenters. The van der Waals surface area contributed by atoms with Crippen LogP contribution in [0.2, 0.25) is 0 Å². The number of nitrogen functional groups attached to an aromatic ring is 1. The second-order valence-corrected chi connectivity index (χ2v) is 6.05. The second-order valence-electron chi connectivity index (χ2n) is 6.05. The van der Waals surface area contributed by atoms with Gasteiger partial charge in [-0.2, -0.15) is 5.10 Å². The van der Waals surface area contributed by atoms with Gasteiger partial charge >= 0.3 is 0 Å². The summed E-state index contributed by atoms with van der Waals surface area (Å²) >= 11 is 0. The number of nitrogens with two attached hydrogens (primary N) is 1. The Labute approximate surface area is 159 Å². The molecule has 0 bridgehead atoms. The summed E-state index contributed by atoms with van der Waals surface area (Å²) < 4.78 is 8.11. The lowest BCUT2D eigenvalue weighted by atomic mass is 10.2. The van der Waals surface area contributed by atoms with E-state index in [-0.39, 0.29) is 29.9 Å². The standard InChI is InChI=1S/C19H18N6O3/c1-28-14-6-4-13(5-7-14)25-17(12-3-2-8-21-11-12)22-18-15(19(25)27)16(20)23-24(18)9-10-26/h2-8,11,26H,9-10H2,1H3,(H2,20,23). The number of hydrogen-bond donors (Lipinski definition) is 2. The quantitative estimate of drug-likeness (QED) is 0.536. The molecule has 3 aromatic heterocycles. The highest BCUT2D eigenvalue weighted by molar-refractivity contribution is 5.87. The van der Waals surface area contributed by atoms with Crippen molar-refractivity contribution in [3.63, 3.8) is 0 Å². The zero-order chi connectivity index (χ0) is 19.7. The van der Waals surface area contributed by atoms with Crippen LogP contribution in [-0.4, -0.2) is 43.1 Å². The second kappa shape index (κ2) is 7.12. The van der Waals surface area contributed by atoms with Crippen LogP contribution in [0.5, 0.6) is 5.75 Å². The lowest BCUT2D eigenvalue weighted by Gasteiger charge is -2.13. The van der Waals surface area contributed by atoms with Crippen LogP contribution in [0.15, 0.2) is 53.6 Å². The van der Waals surface area contributed by atoms with Gasteiger partial charge in [-0.1, -0.05) is 0 Å². The molecule has 9 nitrogen and oxygen atoms in total. The molecule has 0 saturated heterocycles. The zero-order valence-corrected chi connectivity index (χ0v) is 15.1. The van der Waals surface area contributed by atoms with Gasteiger partial charge in [0, 0.05) is 18.0 Å². The van der Waals surface area contributed by atoms with E-state index in [0.29, 0.717) is 28.5 Å². The number of rotatable bonds is 5. The predicted octanol–water partition coefficient (Wildman–Crippen LogP) is 1.23. The summed E-state index contributed by atoms with van der Waals surface area (Å²) in [6.07, 6.45) is 3.27. The van der Waals surface area contributed by atoms with Gasteiger partial charge in [-0.25, -0.2) is 9.67 Å². The fourth-order valence-electron chi connectivity index (χ4n) is 3.06. The Morgan fingerprint density at radius 2 is 2.00 bits per heavy atom. The zero-order valence-electron chi connectivity index (χ0n) is 15.1. The summed E-state index contributed by atoms with van der Waals surface area (Å²) in [5.74, 6) is 1.14. The number of anilines is 1. The van der Waals surface area contributed by atoms with E-state index in [1.807, 2.05) is 6.07 Å². The molecule has 0 radical (unpaired) electrons. The van der Waals surface area contributed by atoms with Crippen LogP contribution in [0.1, 0.15) is 0 Å². The van der Waals surface area contributed by atoms with Gasteiger partial charge in [-0.3, -0.25) is 14.3 Å². The smallest absolute Gasteiger partial charge is 0.271 e. The van der Waals surface area contributed by atoms with Crippen molar-refractivity contribution in [1.82, 2.24) is 24.3 Å². The van der Waals surface area contributed by atoms with Gasteiger partial charge < -0.3 is 15.6 Å². The molecule has 3 N–H and O–H groups in total. The van der Waals surface area contributed by atoms with E-state index >= 15 is 0 Å². The molecule has 4 aromatic rings. The molecular weight excluding hydrogens is 360 g/mol. The minimum absolute atomic E-state index is 0.0703.